The van der Waals surface area contributed by atoms with E-state index in [9.17, 15) is 5.11 Å². The molecule has 15 heavy (non-hydrogen) atoms. The Labute approximate surface area is 89.9 Å². The van der Waals surface area contributed by atoms with Crippen LogP contribution in [0.15, 0.2) is 24.3 Å². The minimum atomic E-state index is -0.611. The van der Waals surface area contributed by atoms with Gasteiger partial charge in [0.15, 0.2) is 0 Å². The Hall–Kier alpha value is -1.53. The van der Waals surface area contributed by atoms with Gasteiger partial charge in [0.25, 0.3) is 0 Å². The average Bonchev–Trinajstić information content (AvgIpc) is 2.28. The number of hydrogen-bond donors (Lipinski definition) is 1. The molecule has 0 aliphatic heterocycles. The van der Waals surface area contributed by atoms with Gasteiger partial charge in [0.1, 0.15) is 5.75 Å². The Balaban J connectivity index is 2.81. The number of benzene rings is 1. The van der Waals surface area contributed by atoms with Crippen molar-refractivity contribution in [2.24, 2.45) is 5.92 Å². The van der Waals surface area contributed by atoms with Gasteiger partial charge in [-0.15, -0.1) is 0 Å². The highest BCUT2D eigenvalue weighted by Gasteiger charge is 2.16. The molecule has 0 bridgehead atoms. The lowest BCUT2D eigenvalue weighted by molar-refractivity contribution is 0.119. The molecule has 0 fully saturated rings. The summed E-state index contributed by atoms with van der Waals surface area (Å²) in [5.74, 6) is 0.651. The van der Waals surface area contributed by atoms with Crippen LogP contribution >= 0.6 is 0 Å². The summed E-state index contributed by atoms with van der Waals surface area (Å²) in [6.45, 7) is 1.85. The van der Waals surface area contributed by atoms with E-state index in [1.165, 1.54) is 0 Å². The van der Waals surface area contributed by atoms with Gasteiger partial charge in [-0.2, -0.15) is 5.26 Å². The van der Waals surface area contributed by atoms with Gasteiger partial charge in [-0.25, -0.2) is 0 Å². The van der Waals surface area contributed by atoms with Crippen molar-refractivity contribution in [3.05, 3.63) is 29.8 Å². The molecule has 0 aromatic heterocycles. The first-order valence-electron chi connectivity index (χ1n) is 4.88. The zero-order valence-electron chi connectivity index (χ0n) is 8.97. The average molecular weight is 205 g/mol. The number of ether oxygens (including phenoxy) is 1. The molecule has 1 aromatic carbocycles. The molecule has 0 spiro atoms. The number of nitrogens with zero attached hydrogens (tertiary/aromatic N) is 1. The monoisotopic (exact) mass is 205 g/mol. The highest BCUT2D eigenvalue weighted by Crippen LogP contribution is 2.26. The van der Waals surface area contributed by atoms with Crippen LogP contribution in [0.5, 0.6) is 5.75 Å². The summed E-state index contributed by atoms with van der Waals surface area (Å²) in [5, 5.41) is 18.5. The van der Waals surface area contributed by atoms with Gasteiger partial charge in [-0.1, -0.05) is 19.1 Å². The number of aliphatic hydroxyl groups excluding tert-OH is 1. The maximum atomic E-state index is 9.93. The fourth-order valence-corrected chi connectivity index (χ4v) is 1.41. The molecule has 0 aliphatic carbocycles. The van der Waals surface area contributed by atoms with Crippen LogP contribution in [0.3, 0.4) is 0 Å². The van der Waals surface area contributed by atoms with Crippen LogP contribution in [0.4, 0.5) is 0 Å². The Morgan fingerprint density at radius 2 is 2.27 bits per heavy atom. The standard InChI is InChI=1S/C12H15NO2/c1-9(6-7-13)12(14)10-4-3-5-11(8-10)15-2/h3-5,8-9,12,14H,6H2,1-2H3. The molecule has 1 aromatic rings. The quantitative estimate of drug-likeness (QED) is 0.820. The van der Waals surface area contributed by atoms with Crippen molar-refractivity contribution in [1.82, 2.24) is 0 Å². The van der Waals surface area contributed by atoms with Gasteiger partial charge in [-0.05, 0) is 23.6 Å². The molecule has 0 heterocycles. The zero-order chi connectivity index (χ0) is 11.3. The molecule has 0 aliphatic rings. The molecular weight excluding hydrogens is 190 g/mol. The number of hydrogen-bond acceptors (Lipinski definition) is 3. The van der Waals surface area contributed by atoms with E-state index in [1.807, 2.05) is 25.1 Å². The fourth-order valence-electron chi connectivity index (χ4n) is 1.41. The number of aliphatic hydroxyl groups is 1. The van der Waals surface area contributed by atoms with Crippen molar-refractivity contribution >= 4 is 0 Å². The van der Waals surface area contributed by atoms with E-state index in [2.05, 4.69) is 6.07 Å². The Kier molecular flexibility index (Phi) is 4.14. The minimum Gasteiger partial charge on any atom is -0.497 e. The molecule has 0 saturated carbocycles. The van der Waals surface area contributed by atoms with Crippen molar-refractivity contribution in [2.75, 3.05) is 7.11 Å². The van der Waals surface area contributed by atoms with Crippen LogP contribution in [0, 0.1) is 17.2 Å². The van der Waals surface area contributed by atoms with E-state index in [4.69, 9.17) is 10.00 Å². The maximum Gasteiger partial charge on any atom is 0.119 e. The first-order chi connectivity index (χ1) is 7.19. The summed E-state index contributed by atoms with van der Waals surface area (Å²) < 4.78 is 5.07. The number of nitriles is 1. The molecule has 0 radical (unpaired) electrons. The highest BCUT2D eigenvalue weighted by atomic mass is 16.5. The van der Waals surface area contributed by atoms with Gasteiger partial charge < -0.3 is 9.84 Å². The molecule has 0 amide bonds. The summed E-state index contributed by atoms with van der Waals surface area (Å²) >= 11 is 0. The lowest BCUT2D eigenvalue weighted by Gasteiger charge is -2.16. The van der Waals surface area contributed by atoms with Gasteiger partial charge >= 0.3 is 0 Å². The van der Waals surface area contributed by atoms with Crippen LogP contribution in [0.2, 0.25) is 0 Å². The second-order valence-corrected chi connectivity index (χ2v) is 3.56. The summed E-state index contributed by atoms with van der Waals surface area (Å²) in [5.41, 5.74) is 0.789. The molecule has 3 nitrogen and oxygen atoms in total. The molecule has 0 saturated heterocycles. The van der Waals surface area contributed by atoms with Crippen LogP contribution < -0.4 is 4.74 Å². The van der Waals surface area contributed by atoms with E-state index in [1.54, 1.807) is 13.2 Å². The Morgan fingerprint density at radius 3 is 2.87 bits per heavy atom. The molecule has 1 N–H and O–H groups in total. The van der Waals surface area contributed by atoms with Crippen molar-refractivity contribution in [1.29, 1.82) is 5.26 Å². The van der Waals surface area contributed by atoms with E-state index in [0.29, 0.717) is 6.42 Å². The smallest absolute Gasteiger partial charge is 0.119 e. The third-order valence-corrected chi connectivity index (χ3v) is 2.39. The van der Waals surface area contributed by atoms with E-state index < -0.39 is 6.10 Å². The molecule has 3 heteroatoms. The summed E-state index contributed by atoms with van der Waals surface area (Å²) in [7, 11) is 1.59. The first kappa shape index (κ1) is 11.5. The zero-order valence-corrected chi connectivity index (χ0v) is 8.97. The Morgan fingerprint density at radius 1 is 1.53 bits per heavy atom. The van der Waals surface area contributed by atoms with Crippen LogP contribution in [0.25, 0.3) is 0 Å². The van der Waals surface area contributed by atoms with Crippen LogP contribution in [0.1, 0.15) is 25.0 Å². The second kappa shape index (κ2) is 5.38. The van der Waals surface area contributed by atoms with Crippen molar-refractivity contribution in [2.45, 2.75) is 19.4 Å². The predicted octanol–water partition coefficient (Wildman–Crippen LogP) is 2.28. The molecule has 1 rings (SSSR count). The summed E-state index contributed by atoms with van der Waals surface area (Å²) in [6, 6.07) is 9.33. The number of rotatable bonds is 4. The second-order valence-electron chi connectivity index (χ2n) is 3.56. The van der Waals surface area contributed by atoms with Crippen molar-refractivity contribution < 1.29 is 9.84 Å². The van der Waals surface area contributed by atoms with Crippen LogP contribution in [-0.4, -0.2) is 12.2 Å². The fraction of sp³-hybridized carbons (Fsp3) is 0.417. The topological polar surface area (TPSA) is 53.2 Å². The number of methoxy groups -OCH3 is 1. The SMILES string of the molecule is COc1cccc(C(O)C(C)CC#N)c1. The maximum absolute atomic E-state index is 9.93. The Bertz CT molecular complexity index is 357. The third kappa shape index (κ3) is 2.97. The molecule has 80 valence electrons. The van der Waals surface area contributed by atoms with Gasteiger partial charge in [-0.3, -0.25) is 0 Å². The van der Waals surface area contributed by atoms with Gasteiger partial charge in [0.2, 0.25) is 0 Å². The molecule has 2 unspecified atom stereocenters. The lowest BCUT2D eigenvalue weighted by Crippen LogP contribution is -2.08. The normalized spacial score (nSPS) is 14.0. The van der Waals surface area contributed by atoms with E-state index >= 15 is 0 Å². The van der Waals surface area contributed by atoms with Gasteiger partial charge in [0.05, 0.1) is 19.3 Å². The van der Waals surface area contributed by atoms with Gasteiger partial charge in [0, 0.05) is 6.42 Å². The van der Waals surface area contributed by atoms with Crippen molar-refractivity contribution in [3.8, 4) is 11.8 Å². The lowest BCUT2D eigenvalue weighted by atomic mass is 9.95. The predicted molar refractivity (Wildman–Crippen MR) is 57.3 cm³/mol. The van der Waals surface area contributed by atoms with E-state index in [-0.39, 0.29) is 5.92 Å². The largest absolute Gasteiger partial charge is 0.497 e. The molecular formula is C12H15NO2. The first-order valence-corrected chi connectivity index (χ1v) is 4.88. The van der Waals surface area contributed by atoms with Crippen molar-refractivity contribution in [3.63, 3.8) is 0 Å². The third-order valence-electron chi connectivity index (χ3n) is 2.39. The minimum absolute atomic E-state index is 0.0675. The summed E-state index contributed by atoms with van der Waals surface area (Å²) in [6.07, 6.45) is -0.266. The molecule has 2 atom stereocenters. The van der Waals surface area contributed by atoms with Crippen LogP contribution in [-0.2, 0) is 0 Å². The summed E-state index contributed by atoms with van der Waals surface area (Å²) in [4.78, 5) is 0. The van der Waals surface area contributed by atoms with E-state index in [0.717, 1.165) is 11.3 Å². The highest BCUT2D eigenvalue weighted by molar-refractivity contribution is 5.30.